The number of rotatable bonds is 3. The van der Waals surface area contributed by atoms with Crippen LogP contribution in [0, 0.1) is 25.7 Å². The van der Waals surface area contributed by atoms with Crippen LogP contribution in [-0.4, -0.2) is 6.54 Å². The predicted molar refractivity (Wildman–Crippen MR) is 87.8 cm³/mol. The van der Waals surface area contributed by atoms with Crippen LogP contribution in [0.5, 0.6) is 0 Å². The second-order valence-corrected chi connectivity index (χ2v) is 6.97. The lowest BCUT2D eigenvalue weighted by Crippen LogP contribution is -2.20. The Balaban J connectivity index is 2.02. The van der Waals surface area contributed by atoms with Crippen LogP contribution in [0.1, 0.15) is 37.8 Å². The molecule has 2 unspecified atom stereocenters. The third-order valence-electron chi connectivity index (χ3n) is 3.88. The monoisotopic (exact) mass is 321 g/mol. The van der Waals surface area contributed by atoms with Crippen molar-refractivity contribution in [2.45, 2.75) is 40.5 Å². The quantitative estimate of drug-likeness (QED) is 0.728. The van der Waals surface area contributed by atoms with Gasteiger partial charge in [0.2, 0.25) is 0 Å². The van der Waals surface area contributed by atoms with Crippen molar-refractivity contribution in [3.05, 3.63) is 39.4 Å². The van der Waals surface area contributed by atoms with Crippen molar-refractivity contribution in [2.75, 3.05) is 11.9 Å². The molecule has 0 spiro atoms. The minimum Gasteiger partial charge on any atom is -0.384 e. The molecule has 1 aliphatic carbocycles. The van der Waals surface area contributed by atoms with E-state index in [2.05, 4.69) is 67.2 Å². The topological polar surface area (TPSA) is 12.0 Å². The van der Waals surface area contributed by atoms with E-state index in [0.717, 1.165) is 18.4 Å². The average molecular weight is 322 g/mol. The number of allylic oxidation sites excluding steroid dienone is 2. The molecule has 1 N–H and O–H groups in total. The van der Waals surface area contributed by atoms with Crippen molar-refractivity contribution in [3.63, 3.8) is 0 Å². The van der Waals surface area contributed by atoms with Crippen molar-refractivity contribution in [3.8, 4) is 0 Å². The third-order valence-corrected chi connectivity index (χ3v) is 4.51. The lowest BCUT2D eigenvalue weighted by Gasteiger charge is -2.26. The molecule has 1 aliphatic rings. The Morgan fingerprint density at radius 1 is 1.26 bits per heavy atom. The van der Waals surface area contributed by atoms with E-state index in [1.807, 2.05) is 0 Å². The Morgan fingerprint density at radius 2 is 2.00 bits per heavy atom. The fraction of sp³-hybridized carbons (Fsp3) is 0.529. The number of hydrogen-bond acceptors (Lipinski definition) is 1. The van der Waals surface area contributed by atoms with Crippen LogP contribution >= 0.6 is 15.9 Å². The van der Waals surface area contributed by atoms with Gasteiger partial charge < -0.3 is 5.32 Å². The van der Waals surface area contributed by atoms with Gasteiger partial charge in [0.05, 0.1) is 5.69 Å². The number of nitrogens with one attached hydrogen (secondary N) is 1. The summed E-state index contributed by atoms with van der Waals surface area (Å²) in [7, 11) is 0. The molecule has 0 bridgehead atoms. The lowest BCUT2D eigenvalue weighted by atomic mass is 9.83. The van der Waals surface area contributed by atoms with Crippen molar-refractivity contribution in [1.29, 1.82) is 0 Å². The standard InChI is InChI=1S/C17H24BrN/c1-11-5-12(2)8-15(7-11)10-19-17-14(4)6-13(3)9-16(17)18/h5-6,9,11,15,19H,7-8,10H2,1-4H3. The number of aryl methyl sites for hydroxylation is 2. The average Bonchev–Trinajstić information content (AvgIpc) is 2.25. The minimum absolute atomic E-state index is 0.725. The maximum atomic E-state index is 3.67. The van der Waals surface area contributed by atoms with E-state index < -0.39 is 0 Å². The molecule has 2 heteroatoms. The minimum atomic E-state index is 0.725. The van der Waals surface area contributed by atoms with Gasteiger partial charge in [-0.25, -0.2) is 0 Å². The summed E-state index contributed by atoms with van der Waals surface area (Å²) in [4.78, 5) is 0. The summed E-state index contributed by atoms with van der Waals surface area (Å²) in [6.07, 6.45) is 4.95. The first kappa shape index (κ1) is 14.6. The molecule has 1 nitrogen and oxygen atoms in total. The van der Waals surface area contributed by atoms with E-state index >= 15 is 0 Å². The molecule has 0 aliphatic heterocycles. The molecule has 104 valence electrons. The van der Waals surface area contributed by atoms with Crippen LogP contribution in [0.25, 0.3) is 0 Å². The van der Waals surface area contributed by atoms with E-state index in [1.165, 1.54) is 34.1 Å². The Hall–Kier alpha value is -0.760. The zero-order chi connectivity index (χ0) is 14.0. The molecular weight excluding hydrogens is 298 g/mol. The number of hydrogen-bond donors (Lipinski definition) is 1. The second-order valence-electron chi connectivity index (χ2n) is 6.12. The van der Waals surface area contributed by atoms with Crippen LogP contribution in [-0.2, 0) is 0 Å². The van der Waals surface area contributed by atoms with Gasteiger partial charge in [-0.1, -0.05) is 24.6 Å². The van der Waals surface area contributed by atoms with E-state index in [0.29, 0.717) is 0 Å². The van der Waals surface area contributed by atoms with Crippen LogP contribution in [0.3, 0.4) is 0 Å². The maximum Gasteiger partial charge on any atom is 0.0514 e. The molecule has 19 heavy (non-hydrogen) atoms. The molecule has 2 rings (SSSR count). The van der Waals surface area contributed by atoms with Crippen LogP contribution in [0.4, 0.5) is 5.69 Å². The first-order valence-electron chi connectivity index (χ1n) is 7.13. The van der Waals surface area contributed by atoms with Gasteiger partial charge in [0.25, 0.3) is 0 Å². The summed E-state index contributed by atoms with van der Waals surface area (Å²) < 4.78 is 1.18. The highest BCUT2D eigenvalue weighted by atomic mass is 79.9. The van der Waals surface area contributed by atoms with E-state index in [4.69, 9.17) is 0 Å². The molecule has 0 fully saturated rings. The smallest absolute Gasteiger partial charge is 0.0514 e. The SMILES string of the molecule is CC1=CC(C)CC(CNc2c(C)cc(C)cc2Br)C1. The predicted octanol–water partition coefficient (Wildman–Crippen LogP) is 5.47. The molecule has 0 amide bonds. The Morgan fingerprint density at radius 3 is 2.63 bits per heavy atom. The van der Waals surface area contributed by atoms with Crippen LogP contribution < -0.4 is 5.32 Å². The highest BCUT2D eigenvalue weighted by Gasteiger charge is 2.18. The lowest BCUT2D eigenvalue weighted by molar-refractivity contribution is 0.421. The normalized spacial score (nSPS) is 23.1. The van der Waals surface area contributed by atoms with Gasteiger partial charge in [0, 0.05) is 11.0 Å². The van der Waals surface area contributed by atoms with Gasteiger partial charge in [-0.05, 0) is 78.6 Å². The highest BCUT2D eigenvalue weighted by Crippen LogP contribution is 2.31. The molecule has 0 saturated carbocycles. The summed E-state index contributed by atoms with van der Waals surface area (Å²) in [5.74, 6) is 1.48. The first-order chi connectivity index (χ1) is 8.95. The molecule has 0 heterocycles. The van der Waals surface area contributed by atoms with E-state index in [-0.39, 0.29) is 0 Å². The molecule has 0 aromatic heterocycles. The van der Waals surface area contributed by atoms with Gasteiger partial charge >= 0.3 is 0 Å². The summed E-state index contributed by atoms with van der Waals surface area (Å²) in [6, 6.07) is 4.42. The van der Waals surface area contributed by atoms with Crippen LogP contribution in [0.2, 0.25) is 0 Å². The Kier molecular flexibility index (Phi) is 4.72. The summed E-state index contributed by atoms with van der Waals surface area (Å²) in [5.41, 5.74) is 5.43. The first-order valence-corrected chi connectivity index (χ1v) is 7.93. The molecule has 0 saturated heterocycles. The third kappa shape index (κ3) is 3.85. The Bertz CT molecular complexity index is 467. The van der Waals surface area contributed by atoms with Crippen LogP contribution in [0.15, 0.2) is 28.3 Å². The van der Waals surface area contributed by atoms with Gasteiger partial charge in [-0.2, -0.15) is 0 Å². The highest BCUT2D eigenvalue weighted by molar-refractivity contribution is 9.10. The summed E-state index contributed by atoms with van der Waals surface area (Å²) in [5, 5.41) is 3.65. The fourth-order valence-corrected chi connectivity index (χ4v) is 4.04. The fourth-order valence-electron chi connectivity index (χ4n) is 3.23. The number of benzene rings is 1. The number of halogens is 1. The van der Waals surface area contributed by atoms with Crippen molar-refractivity contribution >= 4 is 21.6 Å². The maximum absolute atomic E-state index is 3.67. The van der Waals surface area contributed by atoms with Crippen molar-refractivity contribution in [1.82, 2.24) is 0 Å². The molecule has 0 radical (unpaired) electrons. The zero-order valence-electron chi connectivity index (χ0n) is 12.4. The largest absolute Gasteiger partial charge is 0.384 e. The van der Waals surface area contributed by atoms with E-state index in [9.17, 15) is 0 Å². The van der Waals surface area contributed by atoms with Crippen molar-refractivity contribution in [2.24, 2.45) is 11.8 Å². The Labute approximate surface area is 125 Å². The second kappa shape index (κ2) is 6.13. The van der Waals surface area contributed by atoms with Crippen molar-refractivity contribution < 1.29 is 0 Å². The molecular formula is C17H24BrN. The van der Waals surface area contributed by atoms with Gasteiger partial charge in [0.1, 0.15) is 0 Å². The van der Waals surface area contributed by atoms with Gasteiger partial charge in [-0.3, -0.25) is 0 Å². The summed E-state index contributed by atoms with van der Waals surface area (Å²) in [6.45, 7) is 9.96. The number of anilines is 1. The summed E-state index contributed by atoms with van der Waals surface area (Å²) >= 11 is 3.67. The molecule has 2 atom stereocenters. The van der Waals surface area contributed by atoms with Gasteiger partial charge in [-0.15, -0.1) is 0 Å². The molecule has 1 aromatic carbocycles. The zero-order valence-corrected chi connectivity index (χ0v) is 14.0. The molecule has 1 aromatic rings. The van der Waals surface area contributed by atoms with Gasteiger partial charge in [0.15, 0.2) is 0 Å². The van der Waals surface area contributed by atoms with E-state index in [1.54, 1.807) is 5.57 Å².